The van der Waals surface area contributed by atoms with Crippen molar-refractivity contribution in [2.24, 2.45) is 0 Å². The summed E-state index contributed by atoms with van der Waals surface area (Å²) in [4.78, 5) is 0. The zero-order chi connectivity index (χ0) is 7.98. The van der Waals surface area contributed by atoms with E-state index in [9.17, 15) is 0 Å². The first-order valence-electron chi connectivity index (χ1n) is 3.60. The predicted octanol–water partition coefficient (Wildman–Crippen LogP) is 3.47. The van der Waals surface area contributed by atoms with Crippen molar-refractivity contribution in [3.05, 3.63) is 36.5 Å². The first-order valence-corrected chi connectivity index (χ1v) is 3.60. The van der Waals surface area contributed by atoms with Crippen LogP contribution in [0.2, 0.25) is 0 Å². The smallest absolute Gasteiger partial charge is 0 e. The zero-order valence-electron chi connectivity index (χ0n) is 7.34. The molecule has 11 heavy (non-hydrogen) atoms. The van der Waals surface area contributed by atoms with E-state index in [0.717, 1.165) is 18.4 Å². The van der Waals surface area contributed by atoms with E-state index in [-0.39, 0.29) is 19.5 Å². The summed E-state index contributed by atoms with van der Waals surface area (Å²) in [6, 6.07) is 0. The van der Waals surface area contributed by atoms with Gasteiger partial charge in [-0.2, -0.15) is 0 Å². The van der Waals surface area contributed by atoms with Gasteiger partial charge in [-0.05, 0) is 26.7 Å². The van der Waals surface area contributed by atoms with Crippen molar-refractivity contribution >= 4 is 0 Å². The number of hydrogen-bond donors (Lipinski definition) is 0. The first kappa shape index (κ1) is 13.4. The van der Waals surface area contributed by atoms with Gasteiger partial charge in [0.15, 0.2) is 0 Å². The van der Waals surface area contributed by atoms with Crippen LogP contribution < -0.4 is 0 Å². The van der Waals surface area contributed by atoms with E-state index in [4.69, 9.17) is 0 Å². The molecule has 0 N–H and O–H groups in total. The fourth-order valence-corrected chi connectivity index (χ4v) is 0.648. The summed E-state index contributed by atoms with van der Waals surface area (Å²) < 4.78 is 0. The summed E-state index contributed by atoms with van der Waals surface area (Å²) in [6.45, 7) is 11.7. The molecule has 64 valence electrons. The maximum atomic E-state index is 3.82. The van der Waals surface area contributed by atoms with E-state index < -0.39 is 0 Å². The Morgan fingerprint density at radius 1 is 1.36 bits per heavy atom. The zero-order valence-corrected chi connectivity index (χ0v) is 9.07. The molecular formula is C10H16Ru. The summed E-state index contributed by atoms with van der Waals surface area (Å²) in [6.07, 6.45) is 6.16. The molecule has 0 aliphatic heterocycles. The molecule has 0 aromatic carbocycles. The fourth-order valence-electron chi connectivity index (χ4n) is 0.648. The normalized spacial score (nSPS) is 7.82. The van der Waals surface area contributed by atoms with E-state index in [1.807, 2.05) is 6.08 Å². The van der Waals surface area contributed by atoms with Gasteiger partial charge in [0.2, 0.25) is 0 Å². The number of allylic oxidation sites excluding steroid dienone is 4. The molecule has 0 fully saturated rings. The van der Waals surface area contributed by atoms with Crippen LogP contribution in [-0.4, -0.2) is 0 Å². The second-order valence-electron chi connectivity index (χ2n) is 2.68. The van der Waals surface area contributed by atoms with Gasteiger partial charge >= 0.3 is 0 Å². The summed E-state index contributed by atoms with van der Waals surface area (Å²) >= 11 is 0. The Morgan fingerprint density at radius 2 is 1.91 bits per heavy atom. The average Bonchev–Trinajstić information content (AvgIpc) is 1.87. The molecule has 0 amide bonds. The molecule has 0 rings (SSSR count). The Bertz CT molecular complexity index is 150. The topological polar surface area (TPSA) is 0 Å². The molecule has 0 aromatic rings. The van der Waals surface area contributed by atoms with Gasteiger partial charge < -0.3 is 0 Å². The van der Waals surface area contributed by atoms with Crippen molar-refractivity contribution in [2.45, 2.75) is 26.7 Å². The van der Waals surface area contributed by atoms with Gasteiger partial charge in [0, 0.05) is 19.5 Å². The minimum Gasteiger partial charge on any atom is -0.0988 e. The molecule has 0 radical (unpaired) electrons. The van der Waals surface area contributed by atoms with Crippen molar-refractivity contribution in [3.8, 4) is 0 Å². The quantitative estimate of drug-likeness (QED) is 0.399. The Hall–Kier alpha value is -0.157. The Kier molecular flexibility index (Phi) is 9.70. The maximum Gasteiger partial charge on any atom is 0 e. The molecule has 0 spiro atoms. The SMILES string of the molecule is C=CC(=C)CCC=C(C)C.[Ru]. The van der Waals surface area contributed by atoms with Crippen LogP contribution in [0.5, 0.6) is 0 Å². The van der Waals surface area contributed by atoms with Crippen LogP contribution in [0.25, 0.3) is 0 Å². The van der Waals surface area contributed by atoms with E-state index in [1.165, 1.54) is 5.57 Å². The third kappa shape index (κ3) is 9.84. The number of rotatable bonds is 4. The Labute approximate surface area is 82.8 Å². The van der Waals surface area contributed by atoms with Crippen molar-refractivity contribution in [2.75, 3.05) is 0 Å². The molecule has 0 aromatic heterocycles. The summed E-state index contributed by atoms with van der Waals surface area (Å²) in [5.74, 6) is 0. The maximum absolute atomic E-state index is 3.82. The van der Waals surface area contributed by atoms with Gasteiger partial charge in [-0.25, -0.2) is 0 Å². The molecule has 0 heterocycles. The Balaban J connectivity index is 0. The molecule has 0 unspecified atom stereocenters. The molecule has 1 heteroatoms. The molecule has 0 bridgehead atoms. The van der Waals surface area contributed by atoms with Crippen molar-refractivity contribution < 1.29 is 19.5 Å². The van der Waals surface area contributed by atoms with Gasteiger partial charge in [-0.15, -0.1) is 0 Å². The van der Waals surface area contributed by atoms with Crippen LogP contribution in [0.3, 0.4) is 0 Å². The van der Waals surface area contributed by atoms with E-state index in [1.54, 1.807) is 0 Å². The molecule has 0 atom stereocenters. The second-order valence-corrected chi connectivity index (χ2v) is 2.68. The van der Waals surface area contributed by atoms with Gasteiger partial charge in [0.1, 0.15) is 0 Å². The van der Waals surface area contributed by atoms with Crippen LogP contribution in [-0.2, 0) is 19.5 Å². The Morgan fingerprint density at radius 3 is 2.27 bits per heavy atom. The van der Waals surface area contributed by atoms with Crippen LogP contribution in [0.15, 0.2) is 36.5 Å². The van der Waals surface area contributed by atoms with E-state index in [0.29, 0.717) is 0 Å². The largest absolute Gasteiger partial charge is 0.0988 e. The van der Waals surface area contributed by atoms with Gasteiger partial charge in [0.05, 0.1) is 0 Å². The summed E-state index contributed by atoms with van der Waals surface area (Å²) in [7, 11) is 0. The molecule has 0 aliphatic rings. The molecule has 0 aliphatic carbocycles. The standard InChI is InChI=1S/C10H16.Ru/c1-5-10(4)8-6-7-9(2)3;/h5,7H,1,4,6,8H2,2-3H3;. The van der Waals surface area contributed by atoms with Gasteiger partial charge in [0.25, 0.3) is 0 Å². The molecule has 0 saturated heterocycles. The average molecular weight is 237 g/mol. The molecule has 0 saturated carbocycles. The second kappa shape index (κ2) is 7.94. The van der Waals surface area contributed by atoms with Gasteiger partial charge in [-0.3, -0.25) is 0 Å². The minimum absolute atomic E-state index is 0. The fraction of sp³-hybridized carbons (Fsp3) is 0.400. The van der Waals surface area contributed by atoms with E-state index in [2.05, 4.69) is 33.1 Å². The van der Waals surface area contributed by atoms with Crippen LogP contribution >= 0.6 is 0 Å². The summed E-state index contributed by atoms with van der Waals surface area (Å²) in [5, 5.41) is 0. The van der Waals surface area contributed by atoms with E-state index >= 15 is 0 Å². The van der Waals surface area contributed by atoms with Gasteiger partial charge in [-0.1, -0.05) is 36.5 Å². The molecular weight excluding hydrogens is 221 g/mol. The van der Waals surface area contributed by atoms with Crippen LogP contribution in [0.1, 0.15) is 26.7 Å². The number of hydrogen-bond acceptors (Lipinski definition) is 0. The van der Waals surface area contributed by atoms with Crippen LogP contribution in [0, 0.1) is 0 Å². The summed E-state index contributed by atoms with van der Waals surface area (Å²) in [5.41, 5.74) is 2.49. The van der Waals surface area contributed by atoms with Crippen molar-refractivity contribution in [1.82, 2.24) is 0 Å². The first-order chi connectivity index (χ1) is 4.66. The third-order valence-corrected chi connectivity index (χ3v) is 1.31. The predicted molar refractivity (Wildman–Crippen MR) is 48.0 cm³/mol. The third-order valence-electron chi connectivity index (χ3n) is 1.31. The molecule has 0 nitrogen and oxygen atoms in total. The van der Waals surface area contributed by atoms with Crippen LogP contribution in [0.4, 0.5) is 0 Å². The van der Waals surface area contributed by atoms with Crippen molar-refractivity contribution in [3.63, 3.8) is 0 Å². The minimum atomic E-state index is 0. The van der Waals surface area contributed by atoms with Crippen molar-refractivity contribution in [1.29, 1.82) is 0 Å². The monoisotopic (exact) mass is 238 g/mol.